The zero-order valence-corrected chi connectivity index (χ0v) is 12.6. The van der Waals surface area contributed by atoms with Gasteiger partial charge >= 0.3 is 0 Å². The lowest BCUT2D eigenvalue weighted by Crippen LogP contribution is -2.29. The van der Waals surface area contributed by atoms with Crippen molar-refractivity contribution in [2.24, 2.45) is 10.4 Å². The molecule has 0 radical (unpaired) electrons. The smallest absolute Gasteiger partial charge is 0.159 e. The first-order valence-electron chi connectivity index (χ1n) is 6.25. The maximum absolute atomic E-state index is 4.68. The predicted molar refractivity (Wildman–Crippen MR) is 76.7 cm³/mol. The average molecular weight is 305 g/mol. The number of hydrogen-bond acceptors (Lipinski definition) is 3. The van der Waals surface area contributed by atoms with E-state index in [2.05, 4.69) is 39.7 Å². The Morgan fingerprint density at radius 2 is 2.25 bits per heavy atom. The summed E-state index contributed by atoms with van der Waals surface area (Å²) in [4.78, 5) is 7.19. The van der Waals surface area contributed by atoms with Crippen molar-refractivity contribution in [2.45, 2.75) is 38.4 Å². The quantitative estimate of drug-likeness (QED) is 0.743. The van der Waals surface area contributed by atoms with E-state index in [4.69, 9.17) is 0 Å². The predicted octanol–water partition coefficient (Wildman–Crippen LogP) is 3.36. The van der Waals surface area contributed by atoms with Gasteiger partial charge in [-0.15, -0.1) is 0 Å². The Hall–Kier alpha value is 0.300. The summed E-state index contributed by atoms with van der Waals surface area (Å²) in [6.07, 6.45) is 3.96. The zero-order valence-electron chi connectivity index (χ0n) is 10.2. The molecule has 92 valence electrons. The van der Waals surface area contributed by atoms with Gasteiger partial charge in [-0.05, 0) is 24.7 Å². The second-order valence-electron chi connectivity index (χ2n) is 4.90. The summed E-state index contributed by atoms with van der Waals surface area (Å²) < 4.78 is 0. The minimum Gasteiger partial charge on any atom is -0.351 e. The van der Waals surface area contributed by atoms with Gasteiger partial charge in [-0.1, -0.05) is 41.5 Å². The van der Waals surface area contributed by atoms with Crippen molar-refractivity contribution in [1.82, 2.24) is 4.90 Å². The van der Waals surface area contributed by atoms with Gasteiger partial charge in [0.05, 0.1) is 6.54 Å². The lowest BCUT2D eigenvalue weighted by Gasteiger charge is -2.26. The number of likely N-dealkylation sites (tertiary alicyclic amines) is 1. The number of nitrogens with zero attached hydrogens (tertiary/aromatic N) is 2. The fourth-order valence-corrected chi connectivity index (χ4v) is 4.15. The minimum absolute atomic E-state index is 0.565. The van der Waals surface area contributed by atoms with Gasteiger partial charge in [0.1, 0.15) is 0 Å². The van der Waals surface area contributed by atoms with E-state index in [0.29, 0.717) is 10.7 Å². The van der Waals surface area contributed by atoms with Crippen molar-refractivity contribution in [3.05, 3.63) is 0 Å². The lowest BCUT2D eigenvalue weighted by molar-refractivity contribution is 0.279. The van der Waals surface area contributed by atoms with Crippen LogP contribution in [0.25, 0.3) is 0 Å². The highest BCUT2D eigenvalue weighted by molar-refractivity contribution is 9.09. The molecule has 0 aromatic carbocycles. The molecular weight excluding hydrogens is 284 g/mol. The molecule has 2 aliphatic heterocycles. The molecule has 1 unspecified atom stereocenters. The molecule has 0 aromatic rings. The molecule has 0 N–H and O–H groups in total. The Balaban J connectivity index is 1.94. The molecule has 0 amide bonds. The fraction of sp³-hybridized carbons (Fsp3) is 0.917. The number of hydrogen-bond donors (Lipinski definition) is 0. The van der Waals surface area contributed by atoms with Gasteiger partial charge < -0.3 is 4.90 Å². The maximum Gasteiger partial charge on any atom is 0.159 e. The fourth-order valence-electron chi connectivity index (χ4n) is 2.58. The highest BCUT2D eigenvalue weighted by atomic mass is 79.9. The van der Waals surface area contributed by atoms with Crippen LogP contribution in [0.4, 0.5) is 0 Å². The monoisotopic (exact) mass is 304 g/mol. The summed E-state index contributed by atoms with van der Waals surface area (Å²) in [5.41, 5.74) is 0.565. The molecular formula is C12H21BrN2S. The molecule has 1 saturated heterocycles. The number of rotatable bonds is 3. The molecule has 4 heteroatoms. The number of aliphatic imine (C=N–C) groups is 1. The van der Waals surface area contributed by atoms with Crippen LogP contribution in [-0.4, -0.2) is 40.3 Å². The third-order valence-electron chi connectivity index (χ3n) is 4.08. The van der Waals surface area contributed by atoms with E-state index in [-0.39, 0.29) is 0 Å². The highest BCUT2D eigenvalue weighted by Gasteiger charge is 2.37. The van der Waals surface area contributed by atoms with E-state index < -0.39 is 0 Å². The third-order valence-corrected chi connectivity index (χ3v) is 6.54. The maximum atomic E-state index is 4.68. The molecule has 2 aliphatic rings. The Kier molecular flexibility index (Phi) is 4.22. The van der Waals surface area contributed by atoms with Gasteiger partial charge in [0, 0.05) is 23.7 Å². The molecule has 1 atom stereocenters. The third kappa shape index (κ3) is 2.42. The van der Waals surface area contributed by atoms with Crippen molar-refractivity contribution in [3.8, 4) is 0 Å². The molecule has 0 saturated carbocycles. The van der Waals surface area contributed by atoms with Crippen LogP contribution in [0, 0.1) is 5.41 Å². The second kappa shape index (κ2) is 5.30. The van der Waals surface area contributed by atoms with Gasteiger partial charge in [0.15, 0.2) is 5.17 Å². The SMILES string of the molecule is CCC1(CC)CCN(C2=NCC(CBr)S2)C1. The normalized spacial score (nSPS) is 28.6. The first-order valence-corrected chi connectivity index (χ1v) is 8.25. The van der Waals surface area contributed by atoms with Crippen LogP contribution >= 0.6 is 27.7 Å². The lowest BCUT2D eigenvalue weighted by atomic mass is 9.82. The van der Waals surface area contributed by atoms with Crippen LogP contribution in [0.1, 0.15) is 33.1 Å². The molecule has 0 spiro atoms. The summed E-state index contributed by atoms with van der Waals surface area (Å²) in [6, 6.07) is 0. The molecule has 0 aliphatic carbocycles. The summed E-state index contributed by atoms with van der Waals surface area (Å²) in [5, 5.41) is 3.02. The molecule has 2 heterocycles. The van der Waals surface area contributed by atoms with Gasteiger partial charge in [-0.25, -0.2) is 0 Å². The van der Waals surface area contributed by atoms with Crippen LogP contribution in [0.5, 0.6) is 0 Å². The number of halogens is 1. The van der Waals surface area contributed by atoms with Gasteiger partial charge in [0.25, 0.3) is 0 Å². The minimum atomic E-state index is 0.565. The van der Waals surface area contributed by atoms with Crippen LogP contribution < -0.4 is 0 Å². The van der Waals surface area contributed by atoms with E-state index in [1.54, 1.807) is 0 Å². The molecule has 0 aromatic heterocycles. The van der Waals surface area contributed by atoms with Gasteiger partial charge in [-0.3, -0.25) is 4.99 Å². The molecule has 0 bridgehead atoms. The Bertz CT molecular complexity index is 276. The van der Waals surface area contributed by atoms with Crippen LogP contribution in [0.15, 0.2) is 4.99 Å². The number of alkyl halides is 1. The number of thioether (sulfide) groups is 1. The van der Waals surface area contributed by atoms with Gasteiger partial charge in [-0.2, -0.15) is 0 Å². The first kappa shape index (κ1) is 12.7. The molecule has 2 rings (SSSR count). The van der Waals surface area contributed by atoms with Crippen molar-refractivity contribution in [2.75, 3.05) is 25.0 Å². The zero-order chi connectivity index (χ0) is 11.6. The summed E-state index contributed by atoms with van der Waals surface area (Å²) in [6.45, 7) is 8.09. The second-order valence-corrected chi connectivity index (χ2v) is 6.81. The Morgan fingerprint density at radius 1 is 1.50 bits per heavy atom. The Labute approximate surface area is 111 Å². The standard InChI is InChI=1S/C12H21BrN2S/c1-3-12(4-2)5-6-15(9-12)11-14-8-10(7-13)16-11/h10H,3-9H2,1-2H3. The Morgan fingerprint density at radius 3 is 2.75 bits per heavy atom. The first-order chi connectivity index (χ1) is 7.73. The number of amidine groups is 1. The molecule has 1 fully saturated rings. The molecule has 2 nitrogen and oxygen atoms in total. The van der Waals surface area contributed by atoms with Crippen LogP contribution in [0.2, 0.25) is 0 Å². The van der Waals surface area contributed by atoms with E-state index >= 15 is 0 Å². The van der Waals surface area contributed by atoms with Crippen molar-refractivity contribution < 1.29 is 0 Å². The van der Waals surface area contributed by atoms with Crippen LogP contribution in [-0.2, 0) is 0 Å². The highest BCUT2D eigenvalue weighted by Crippen LogP contribution is 2.39. The molecule has 16 heavy (non-hydrogen) atoms. The van der Waals surface area contributed by atoms with Gasteiger partial charge in [0.2, 0.25) is 0 Å². The summed E-state index contributed by atoms with van der Waals surface area (Å²) >= 11 is 5.51. The summed E-state index contributed by atoms with van der Waals surface area (Å²) in [5.74, 6) is 0. The van der Waals surface area contributed by atoms with E-state index in [9.17, 15) is 0 Å². The van der Waals surface area contributed by atoms with Crippen molar-refractivity contribution in [3.63, 3.8) is 0 Å². The van der Waals surface area contributed by atoms with E-state index in [0.717, 1.165) is 11.9 Å². The topological polar surface area (TPSA) is 15.6 Å². The van der Waals surface area contributed by atoms with E-state index in [1.165, 1.54) is 37.5 Å². The van der Waals surface area contributed by atoms with E-state index in [1.807, 2.05) is 11.8 Å². The van der Waals surface area contributed by atoms with Crippen molar-refractivity contribution in [1.29, 1.82) is 0 Å². The average Bonchev–Trinajstić information content (AvgIpc) is 2.96. The largest absolute Gasteiger partial charge is 0.351 e. The van der Waals surface area contributed by atoms with Crippen molar-refractivity contribution >= 4 is 32.9 Å². The van der Waals surface area contributed by atoms with Crippen LogP contribution in [0.3, 0.4) is 0 Å². The summed E-state index contributed by atoms with van der Waals surface area (Å²) in [7, 11) is 0.